The average molecular weight is 334 g/mol. The first-order chi connectivity index (χ1) is 11.9. The molecular weight excluding hydrogens is 308 g/mol. The molecule has 3 atom stereocenters. The number of nitrogens with zero attached hydrogens (tertiary/aromatic N) is 4. The van der Waals surface area contributed by atoms with E-state index < -0.39 is 0 Å². The van der Waals surface area contributed by atoms with E-state index in [0.29, 0.717) is 12.6 Å². The number of rotatable bonds is 5. The van der Waals surface area contributed by atoms with Gasteiger partial charge in [-0.2, -0.15) is 0 Å². The lowest BCUT2D eigenvalue weighted by molar-refractivity contribution is -0.0776. The number of fused-ring (bicyclic) bond motifs is 1. The topological polar surface area (TPSA) is 60.0 Å². The minimum atomic E-state index is 0.132. The summed E-state index contributed by atoms with van der Waals surface area (Å²) in [6, 6.07) is 2.18. The Labute approximate surface area is 142 Å². The molecule has 2 aliphatic heterocycles. The molecule has 1 aliphatic carbocycles. The van der Waals surface area contributed by atoms with Crippen molar-refractivity contribution in [2.75, 3.05) is 57.5 Å². The first-order valence-electron chi connectivity index (χ1n) is 8.99. The van der Waals surface area contributed by atoms with Crippen molar-refractivity contribution in [3.05, 3.63) is 18.5 Å². The first-order valence-corrected chi connectivity index (χ1v) is 8.99. The quantitative estimate of drug-likeness (QED) is 0.780. The lowest BCUT2D eigenvalue weighted by atomic mass is 10.1. The molecule has 3 fully saturated rings. The molecular formula is C17H26N4O3. The summed E-state index contributed by atoms with van der Waals surface area (Å²) >= 11 is 0. The molecule has 7 heteroatoms. The molecule has 0 bridgehead atoms. The van der Waals surface area contributed by atoms with Gasteiger partial charge in [-0.1, -0.05) is 0 Å². The van der Waals surface area contributed by atoms with E-state index in [1.165, 1.54) is 0 Å². The van der Waals surface area contributed by atoms with Gasteiger partial charge in [-0.15, -0.1) is 0 Å². The summed E-state index contributed by atoms with van der Waals surface area (Å²) in [4.78, 5) is 13.5. The Balaban J connectivity index is 1.31. The number of anilines is 1. The zero-order chi connectivity index (χ0) is 16.2. The minimum absolute atomic E-state index is 0.132. The van der Waals surface area contributed by atoms with Crippen molar-refractivity contribution in [2.45, 2.75) is 31.1 Å². The van der Waals surface area contributed by atoms with Crippen molar-refractivity contribution in [1.82, 2.24) is 14.9 Å². The number of ether oxygens (including phenoxy) is 3. The van der Waals surface area contributed by atoms with Gasteiger partial charge >= 0.3 is 0 Å². The predicted octanol–water partition coefficient (Wildman–Crippen LogP) is 0.562. The Morgan fingerprint density at radius 2 is 1.92 bits per heavy atom. The second kappa shape index (κ2) is 7.74. The summed E-state index contributed by atoms with van der Waals surface area (Å²) in [5.74, 6) is 0.810. The summed E-state index contributed by atoms with van der Waals surface area (Å²) in [7, 11) is 0. The van der Waals surface area contributed by atoms with Crippen LogP contribution in [0.3, 0.4) is 0 Å². The van der Waals surface area contributed by atoms with Gasteiger partial charge in [-0.05, 0) is 18.9 Å². The normalized spacial score (nSPS) is 31.2. The maximum atomic E-state index is 6.18. The van der Waals surface area contributed by atoms with Gasteiger partial charge in [0.05, 0.1) is 38.6 Å². The molecule has 7 nitrogen and oxygen atoms in total. The van der Waals surface area contributed by atoms with Gasteiger partial charge in [0.2, 0.25) is 5.95 Å². The monoisotopic (exact) mass is 334 g/mol. The van der Waals surface area contributed by atoms with Crippen LogP contribution in [0.25, 0.3) is 0 Å². The van der Waals surface area contributed by atoms with Gasteiger partial charge in [0, 0.05) is 38.6 Å². The number of hydrogen-bond donors (Lipinski definition) is 0. The van der Waals surface area contributed by atoms with Crippen LogP contribution in [0.5, 0.6) is 0 Å². The lowest BCUT2D eigenvalue weighted by Crippen LogP contribution is -2.52. The highest BCUT2D eigenvalue weighted by Crippen LogP contribution is 2.33. The maximum Gasteiger partial charge on any atom is 0.225 e. The molecule has 0 aromatic carbocycles. The van der Waals surface area contributed by atoms with E-state index in [1.807, 2.05) is 6.07 Å². The summed E-state index contributed by atoms with van der Waals surface area (Å²) < 4.78 is 17.6. The van der Waals surface area contributed by atoms with Crippen molar-refractivity contribution in [1.29, 1.82) is 0 Å². The van der Waals surface area contributed by atoms with Crippen LogP contribution in [0.2, 0.25) is 0 Å². The van der Waals surface area contributed by atoms with Crippen molar-refractivity contribution in [2.24, 2.45) is 0 Å². The maximum absolute atomic E-state index is 6.18. The van der Waals surface area contributed by atoms with Crippen LogP contribution in [0.15, 0.2) is 18.5 Å². The summed E-state index contributed by atoms with van der Waals surface area (Å²) in [5.41, 5.74) is 0. The van der Waals surface area contributed by atoms with E-state index in [1.54, 1.807) is 12.4 Å². The predicted molar refractivity (Wildman–Crippen MR) is 89.1 cm³/mol. The van der Waals surface area contributed by atoms with E-state index in [4.69, 9.17) is 14.2 Å². The molecule has 3 aliphatic rings. The van der Waals surface area contributed by atoms with E-state index in [0.717, 1.165) is 64.8 Å². The van der Waals surface area contributed by atoms with Crippen LogP contribution >= 0.6 is 0 Å². The van der Waals surface area contributed by atoms with E-state index in [-0.39, 0.29) is 12.2 Å². The molecule has 0 spiro atoms. The third-order valence-corrected chi connectivity index (χ3v) is 5.19. The fourth-order valence-electron chi connectivity index (χ4n) is 3.94. The Hall–Kier alpha value is -1.28. The largest absolute Gasteiger partial charge is 0.379 e. The Bertz CT molecular complexity index is 512. The molecule has 1 saturated carbocycles. The van der Waals surface area contributed by atoms with Crippen LogP contribution in [0.1, 0.15) is 12.8 Å². The van der Waals surface area contributed by atoms with Crippen LogP contribution in [-0.4, -0.2) is 85.7 Å². The third kappa shape index (κ3) is 3.54. The minimum Gasteiger partial charge on any atom is -0.379 e. The highest BCUT2D eigenvalue weighted by atomic mass is 16.5. The zero-order valence-corrected chi connectivity index (χ0v) is 14.0. The van der Waals surface area contributed by atoms with E-state index in [9.17, 15) is 0 Å². The van der Waals surface area contributed by atoms with Gasteiger partial charge < -0.3 is 19.1 Å². The van der Waals surface area contributed by atoms with E-state index in [2.05, 4.69) is 19.8 Å². The SMILES string of the molecule is c1cnc(N2CCO[C@H]3[C@H](OCCN4CCOCC4)CC[C@@H]32)nc1. The fraction of sp³-hybridized carbons (Fsp3) is 0.765. The smallest absolute Gasteiger partial charge is 0.225 e. The molecule has 0 N–H and O–H groups in total. The average Bonchev–Trinajstić information content (AvgIpc) is 3.07. The van der Waals surface area contributed by atoms with Gasteiger partial charge in [-0.25, -0.2) is 9.97 Å². The number of aromatic nitrogens is 2. The van der Waals surface area contributed by atoms with Crippen molar-refractivity contribution in [3.63, 3.8) is 0 Å². The molecule has 132 valence electrons. The molecule has 24 heavy (non-hydrogen) atoms. The van der Waals surface area contributed by atoms with Gasteiger partial charge in [-0.3, -0.25) is 4.90 Å². The molecule has 0 unspecified atom stereocenters. The Morgan fingerprint density at radius 1 is 1.08 bits per heavy atom. The summed E-state index contributed by atoms with van der Waals surface area (Å²) in [6.07, 6.45) is 6.04. The molecule has 0 amide bonds. The van der Waals surface area contributed by atoms with Crippen LogP contribution in [-0.2, 0) is 14.2 Å². The van der Waals surface area contributed by atoms with Gasteiger partial charge in [0.1, 0.15) is 6.10 Å². The highest BCUT2D eigenvalue weighted by Gasteiger charge is 2.44. The zero-order valence-electron chi connectivity index (χ0n) is 14.0. The molecule has 1 aromatic heterocycles. The van der Waals surface area contributed by atoms with Gasteiger partial charge in [0.25, 0.3) is 0 Å². The lowest BCUT2D eigenvalue weighted by Gasteiger charge is -2.39. The molecule has 4 rings (SSSR count). The highest BCUT2D eigenvalue weighted by molar-refractivity contribution is 5.33. The molecule has 1 aromatic rings. The Kier molecular flexibility index (Phi) is 5.22. The second-order valence-corrected chi connectivity index (χ2v) is 6.59. The van der Waals surface area contributed by atoms with Crippen LogP contribution in [0.4, 0.5) is 5.95 Å². The third-order valence-electron chi connectivity index (χ3n) is 5.19. The van der Waals surface area contributed by atoms with Crippen LogP contribution in [0, 0.1) is 0 Å². The van der Waals surface area contributed by atoms with E-state index >= 15 is 0 Å². The van der Waals surface area contributed by atoms with Crippen LogP contribution < -0.4 is 4.90 Å². The van der Waals surface area contributed by atoms with Crippen molar-refractivity contribution >= 4 is 5.95 Å². The Morgan fingerprint density at radius 3 is 2.75 bits per heavy atom. The van der Waals surface area contributed by atoms with Crippen molar-refractivity contribution < 1.29 is 14.2 Å². The summed E-state index contributed by atoms with van der Waals surface area (Å²) in [5, 5.41) is 0. The second-order valence-electron chi connectivity index (χ2n) is 6.59. The standard InChI is InChI=1S/C17H26N4O3/c1-4-18-17(19-5-1)21-9-13-24-16-14(21)2-3-15(16)23-12-8-20-6-10-22-11-7-20/h1,4-5,14-16H,2-3,6-13H2/t14-,15+,16+/m0/s1. The molecule has 3 heterocycles. The number of morpholine rings is 2. The molecule has 0 radical (unpaired) electrons. The fourth-order valence-corrected chi connectivity index (χ4v) is 3.94. The number of hydrogen-bond acceptors (Lipinski definition) is 7. The van der Waals surface area contributed by atoms with Gasteiger partial charge in [0.15, 0.2) is 0 Å². The van der Waals surface area contributed by atoms with Crippen molar-refractivity contribution in [3.8, 4) is 0 Å². The summed E-state index contributed by atoms with van der Waals surface area (Å²) in [6.45, 7) is 6.99. The first kappa shape index (κ1) is 16.2. The molecule has 2 saturated heterocycles.